The molecule has 1 N–H and O–H groups in total. The van der Waals surface area contributed by atoms with E-state index in [0.717, 1.165) is 11.8 Å². The number of nitrogens with one attached hydrogen (secondary N) is 1. The smallest absolute Gasteiger partial charge is 0.308 e. The summed E-state index contributed by atoms with van der Waals surface area (Å²) in [6.07, 6.45) is 2.80. The van der Waals surface area contributed by atoms with Crippen LogP contribution in [0, 0.1) is 0 Å². The summed E-state index contributed by atoms with van der Waals surface area (Å²) in [4.78, 5) is 59.2. The number of hydrogen-bond acceptors (Lipinski definition) is 10. The minimum atomic E-state index is -0.933. The number of piperazine rings is 1. The Kier molecular flexibility index (Phi) is 7.48. The number of thioether (sulfide) groups is 1. The van der Waals surface area contributed by atoms with Crippen molar-refractivity contribution >= 4 is 63.6 Å². The highest BCUT2D eigenvalue weighted by atomic mass is 32.2. The van der Waals surface area contributed by atoms with Crippen LogP contribution in [0.25, 0.3) is 11.7 Å². The quantitative estimate of drug-likeness (QED) is 0.314. The van der Waals surface area contributed by atoms with Crippen LogP contribution >= 0.6 is 24.0 Å². The van der Waals surface area contributed by atoms with E-state index in [2.05, 4.69) is 10.3 Å². The molecule has 2 aliphatic heterocycles. The van der Waals surface area contributed by atoms with E-state index in [0.29, 0.717) is 29.7 Å². The number of nitrogens with zero attached hydrogens (tertiary/aromatic N) is 4. The van der Waals surface area contributed by atoms with Gasteiger partial charge in [0.25, 0.3) is 11.5 Å². The van der Waals surface area contributed by atoms with Gasteiger partial charge in [0.1, 0.15) is 21.8 Å². The van der Waals surface area contributed by atoms with Crippen LogP contribution < -0.4 is 15.8 Å². The van der Waals surface area contributed by atoms with Gasteiger partial charge in [0.05, 0.1) is 37.2 Å². The summed E-state index contributed by atoms with van der Waals surface area (Å²) in [5.41, 5.74) is 0.0566. The summed E-state index contributed by atoms with van der Waals surface area (Å²) in [5.74, 6) is -1.10. The second kappa shape index (κ2) is 10.5. The van der Waals surface area contributed by atoms with Gasteiger partial charge in [-0.3, -0.25) is 28.5 Å². The second-order valence-corrected chi connectivity index (χ2v) is 9.37. The molecular formula is C22H23N5O6S2. The number of methoxy groups -OCH3 is 2. The molecule has 4 rings (SSSR count). The molecule has 2 fully saturated rings. The number of carbonyl (C=O) groups is 3. The SMILES string of the molecule is COCCN1C(=O)/C(=C/c2c(N3CCNC(=O)C3CC(=O)OC)nc3ccccn3c2=O)SC1=S. The van der Waals surface area contributed by atoms with Crippen molar-refractivity contribution in [3.63, 3.8) is 0 Å². The number of hydrogen-bond donors (Lipinski definition) is 1. The molecule has 2 amide bonds. The molecule has 0 bridgehead atoms. The van der Waals surface area contributed by atoms with Crippen LogP contribution in [0.15, 0.2) is 34.1 Å². The molecular weight excluding hydrogens is 494 g/mol. The van der Waals surface area contributed by atoms with Crippen LogP contribution in [0.1, 0.15) is 12.0 Å². The molecule has 1 unspecified atom stereocenters. The summed E-state index contributed by atoms with van der Waals surface area (Å²) in [6, 6.07) is 4.16. The van der Waals surface area contributed by atoms with Gasteiger partial charge in [-0.2, -0.15) is 0 Å². The van der Waals surface area contributed by atoms with Gasteiger partial charge in [0.2, 0.25) is 5.91 Å². The van der Waals surface area contributed by atoms with Gasteiger partial charge < -0.3 is 19.7 Å². The fourth-order valence-electron chi connectivity index (χ4n) is 3.86. The Hall–Kier alpha value is -3.29. The van der Waals surface area contributed by atoms with E-state index in [1.807, 2.05) is 0 Å². The van der Waals surface area contributed by atoms with Crippen LogP contribution in [-0.4, -0.2) is 82.9 Å². The van der Waals surface area contributed by atoms with Gasteiger partial charge in [-0.1, -0.05) is 30.0 Å². The highest BCUT2D eigenvalue weighted by Gasteiger charge is 2.36. The zero-order valence-electron chi connectivity index (χ0n) is 19.1. The Morgan fingerprint density at radius 3 is 2.86 bits per heavy atom. The van der Waals surface area contributed by atoms with Gasteiger partial charge in [-0.25, -0.2) is 4.98 Å². The number of carbonyl (C=O) groups excluding carboxylic acids is 3. The minimum absolute atomic E-state index is 0.116. The third-order valence-electron chi connectivity index (χ3n) is 5.61. The van der Waals surface area contributed by atoms with Gasteiger partial charge in [0.15, 0.2) is 0 Å². The van der Waals surface area contributed by atoms with Crippen LogP contribution in [0.3, 0.4) is 0 Å². The molecule has 184 valence electrons. The van der Waals surface area contributed by atoms with E-state index in [4.69, 9.17) is 21.7 Å². The van der Waals surface area contributed by atoms with Gasteiger partial charge in [-0.15, -0.1) is 0 Å². The topological polar surface area (TPSA) is 123 Å². The number of aromatic nitrogens is 2. The summed E-state index contributed by atoms with van der Waals surface area (Å²) in [6.45, 7) is 1.19. The summed E-state index contributed by atoms with van der Waals surface area (Å²) in [5, 5.41) is 2.74. The maximum atomic E-state index is 13.6. The maximum Gasteiger partial charge on any atom is 0.308 e. The molecule has 2 aromatic rings. The van der Waals surface area contributed by atoms with Crippen molar-refractivity contribution in [3.05, 3.63) is 45.2 Å². The Balaban J connectivity index is 1.85. The first-order valence-corrected chi connectivity index (χ1v) is 11.9. The summed E-state index contributed by atoms with van der Waals surface area (Å²) >= 11 is 6.42. The number of amides is 2. The van der Waals surface area contributed by atoms with Crippen molar-refractivity contribution in [1.82, 2.24) is 19.6 Å². The van der Waals surface area contributed by atoms with Crippen molar-refractivity contribution in [1.29, 1.82) is 0 Å². The normalized spacial score (nSPS) is 19.5. The van der Waals surface area contributed by atoms with Crippen molar-refractivity contribution in [2.45, 2.75) is 12.5 Å². The zero-order chi connectivity index (χ0) is 25.1. The maximum absolute atomic E-state index is 13.6. The predicted molar refractivity (Wildman–Crippen MR) is 134 cm³/mol. The average Bonchev–Trinajstić information content (AvgIpc) is 3.12. The highest BCUT2D eigenvalue weighted by molar-refractivity contribution is 8.26. The van der Waals surface area contributed by atoms with Crippen molar-refractivity contribution in [2.24, 2.45) is 0 Å². The molecule has 0 saturated carbocycles. The fourth-order valence-corrected chi connectivity index (χ4v) is 5.15. The highest BCUT2D eigenvalue weighted by Crippen LogP contribution is 2.34. The molecule has 11 nitrogen and oxygen atoms in total. The van der Waals surface area contributed by atoms with Crippen molar-refractivity contribution in [2.75, 3.05) is 45.4 Å². The molecule has 4 heterocycles. The molecule has 2 aliphatic rings. The summed E-state index contributed by atoms with van der Waals surface area (Å²) < 4.78 is 11.5. The molecule has 35 heavy (non-hydrogen) atoms. The van der Waals surface area contributed by atoms with Gasteiger partial charge in [-0.05, 0) is 18.2 Å². The van der Waals surface area contributed by atoms with Gasteiger partial charge >= 0.3 is 5.97 Å². The van der Waals surface area contributed by atoms with E-state index < -0.39 is 17.6 Å². The van der Waals surface area contributed by atoms with E-state index >= 15 is 0 Å². The minimum Gasteiger partial charge on any atom is -0.469 e. The Labute approximate surface area is 210 Å². The van der Waals surface area contributed by atoms with E-state index in [1.54, 1.807) is 29.3 Å². The number of rotatable bonds is 7. The van der Waals surface area contributed by atoms with Gasteiger partial charge in [0, 0.05) is 26.4 Å². The largest absolute Gasteiger partial charge is 0.469 e. The lowest BCUT2D eigenvalue weighted by Gasteiger charge is -2.36. The number of fused-ring (bicyclic) bond motifs is 1. The molecule has 0 spiro atoms. The molecule has 2 aromatic heterocycles. The lowest BCUT2D eigenvalue weighted by atomic mass is 10.1. The Morgan fingerprint density at radius 1 is 1.31 bits per heavy atom. The molecule has 1 atom stereocenters. The van der Waals surface area contributed by atoms with Crippen LogP contribution in [0.4, 0.5) is 5.82 Å². The molecule has 0 aliphatic carbocycles. The average molecular weight is 518 g/mol. The van der Waals surface area contributed by atoms with Crippen molar-refractivity contribution < 1.29 is 23.9 Å². The van der Waals surface area contributed by atoms with Crippen molar-refractivity contribution in [3.8, 4) is 0 Å². The monoisotopic (exact) mass is 517 g/mol. The number of anilines is 1. The standard InChI is InChI=1S/C22H23N5O6S2/c1-32-10-9-27-21(31)15(35-22(27)34)11-13-18(24-16-5-3-4-7-26(16)20(13)30)25-8-6-23-19(29)14(25)12-17(28)33-2/h3-5,7,11,14H,6,8-10,12H2,1-2H3,(H,23,29)/b15-11-. The lowest BCUT2D eigenvalue weighted by molar-refractivity contribution is -0.143. The van der Waals surface area contributed by atoms with Crippen LogP contribution in [0.5, 0.6) is 0 Å². The number of esters is 1. The molecule has 0 aromatic carbocycles. The number of pyridine rings is 1. The molecule has 13 heteroatoms. The third kappa shape index (κ3) is 4.92. The number of ether oxygens (including phenoxy) is 2. The first kappa shape index (κ1) is 24.8. The van der Waals surface area contributed by atoms with E-state index in [-0.39, 0.29) is 41.1 Å². The zero-order valence-corrected chi connectivity index (χ0v) is 20.7. The first-order valence-electron chi connectivity index (χ1n) is 10.7. The second-order valence-electron chi connectivity index (χ2n) is 7.69. The predicted octanol–water partition coefficient (Wildman–Crippen LogP) is 0.410. The molecule has 2 saturated heterocycles. The fraction of sp³-hybridized carbons (Fsp3) is 0.364. The molecule has 0 radical (unpaired) electrons. The van der Waals surface area contributed by atoms with E-state index in [9.17, 15) is 19.2 Å². The Morgan fingerprint density at radius 2 is 2.11 bits per heavy atom. The Bertz CT molecular complexity index is 1290. The van der Waals surface area contributed by atoms with Crippen LogP contribution in [0.2, 0.25) is 0 Å². The lowest BCUT2D eigenvalue weighted by Crippen LogP contribution is -2.57. The first-order chi connectivity index (χ1) is 16.8. The van der Waals surface area contributed by atoms with E-state index in [1.165, 1.54) is 29.6 Å². The number of thiocarbonyl (C=S) groups is 1. The third-order valence-corrected chi connectivity index (χ3v) is 6.99. The van der Waals surface area contributed by atoms with Crippen LogP contribution in [-0.2, 0) is 23.9 Å². The summed E-state index contributed by atoms with van der Waals surface area (Å²) in [7, 11) is 2.77.